The summed E-state index contributed by atoms with van der Waals surface area (Å²) in [5.41, 5.74) is 34.4. The number of para-hydroxylation sites is 1. The minimum atomic E-state index is -0.235. The maximum atomic E-state index is 7.20. The van der Waals surface area contributed by atoms with Crippen LogP contribution in [0.4, 0.5) is 34.1 Å². The molecule has 522 valence electrons. The topological polar surface area (TPSA) is 19.6 Å². The monoisotopic (exact) mass is 1360 g/mol. The van der Waals surface area contributed by atoms with Crippen LogP contribution in [-0.4, -0.2) is 6.71 Å². The molecule has 0 radical (unpaired) electrons. The molecule has 0 saturated carbocycles. The number of furan rings is 1. The molecule has 0 saturated heterocycles. The van der Waals surface area contributed by atoms with Gasteiger partial charge in [-0.1, -0.05) is 333 Å². The summed E-state index contributed by atoms with van der Waals surface area (Å²) >= 11 is 0. The van der Waals surface area contributed by atoms with Crippen LogP contribution < -0.4 is 26.2 Å². The first-order chi connectivity index (χ1) is 48.9. The number of anilines is 6. The van der Waals surface area contributed by atoms with Crippen molar-refractivity contribution in [3.8, 4) is 66.8 Å². The summed E-state index contributed by atoms with van der Waals surface area (Å²) in [6.45, 7) is 49.3. The standard InChI is InChI=1S/C100H103BN2O/c1-94(2,3)72-45-67(46-73(57-72)95(4,5)6)65-41-43-82-84(51-65)102(86-53-71(62-33-25-22-26-34-62)56-90-91(86)79-39-31-32-40-89(79)104-90)87-54-70(69-49-76(98(13,14)15)59-77(50-69)99(16,17)18)55-88-92(87)101(82)83-44-42-66(68-47-74(96(7,8)9)58-75(48-68)97(10,11)12)52-85(83)103(88)93-80(63-35-27-23-28-36-63)60-78(100(19,20)21)61-81(93)64-37-29-24-30-38-64/h22-61H,1-21H3. The Morgan fingerprint density at radius 3 is 0.971 bits per heavy atom. The Balaban J connectivity index is 1.17. The molecule has 0 aliphatic carbocycles. The highest BCUT2D eigenvalue weighted by Crippen LogP contribution is 2.55. The second-order valence-corrected chi connectivity index (χ2v) is 37.2. The van der Waals surface area contributed by atoms with Gasteiger partial charge in [0, 0.05) is 39.3 Å². The molecule has 0 amide bonds. The first-order valence-electron chi connectivity index (χ1n) is 37.8. The van der Waals surface area contributed by atoms with E-state index in [0.717, 1.165) is 83.9 Å². The van der Waals surface area contributed by atoms with E-state index in [2.05, 4.69) is 398 Å². The van der Waals surface area contributed by atoms with Gasteiger partial charge in [0.2, 0.25) is 0 Å². The average molecular weight is 1360 g/mol. The molecule has 3 nitrogen and oxygen atoms in total. The van der Waals surface area contributed by atoms with Gasteiger partial charge in [-0.3, -0.25) is 0 Å². The lowest BCUT2D eigenvalue weighted by atomic mass is 9.33. The quantitative estimate of drug-likeness (QED) is 0.141. The molecule has 2 aliphatic rings. The zero-order valence-electron chi connectivity index (χ0n) is 65.5. The van der Waals surface area contributed by atoms with Crippen LogP contribution in [-0.2, 0) is 37.9 Å². The third kappa shape index (κ3) is 12.7. The first kappa shape index (κ1) is 69.8. The molecule has 13 aromatic rings. The Kier molecular flexibility index (Phi) is 16.7. The van der Waals surface area contributed by atoms with Crippen LogP contribution in [0.25, 0.3) is 88.7 Å². The zero-order valence-corrected chi connectivity index (χ0v) is 65.5. The molecule has 12 aromatic carbocycles. The number of fused-ring (bicyclic) bond motifs is 7. The Morgan fingerprint density at radius 2 is 0.558 bits per heavy atom. The predicted octanol–water partition coefficient (Wildman–Crippen LogP) is 26.8. The van der Waals surface area contributed by atoms with Gasteiger partial charge < -0.3 is 14.2 Å². The van der Waals surface area contributed by atoms with E-state index in [4.69, 9.17) is 4.42 Å². The molecule has 3 heterocycles. The Labute approximate surface area is 621 Å². The van der Waals surface area contributed by atoms with Crippen LogP contribution in [0, 0.1) is 0 Å². The molecule has 2 aliphatic heterocycles. The predicted molar refractivity (Wildman–Crippen MR) is 451 cm³/mol. The summed E-state index contributed by atoms with van der Waals surface area (Å²) in [6, 6.07) is 94.4. The van der Waals surface area contributed by atoms with Gasteiger partial charge in [-0.05, 0) is 203 Å². The SMILES string of the molecule is CC(C)(C)c1cc(-c2ccc3c(c2)N(c2c(-c4ccccc4)cc(C(C)(C)C)cc2-c2ccccc2)c2cc(-c4cc(C(C)(C)C)cc(C(C)(C)C)c4)cc4c2B3c2ccc(-c3cc(C(C)(C)C)cc(C(C)(C)C)c3)cc2N4c2cc(-c3ccccc3)cc3oc4ccccc4c23)cc(C(C)(C)C)c1. The minimum absolute atomic E-state index is 0.0995. The molecule has 0 fully saturated rings. The van der Waals surface area contributed by atoms with E-state index in [1.165, 1.54) is 94.3 Å². The van der Waals surface area contributed by atoms with E-state index >= 15 is 0 Å². The summed E-state index contributed by atoms with van der Waals surface area (Å²) in [7, 11) is 0. The van der Waals surface area contributed by atoms with Gasteiger partial charge in [0.05, 0.1) is 16.8 Å². The number of benzene rings is 12. The molecule has 0 unspecified atom stereocenters. The number of hydrogen-bond donors (Lipinski definition) is 0. The van der Waals surface area contributed by atoms with Crippen LogP contribution in [0.2, 0.25) is 0 Å². The third-order valence-corrected chi connectivity index (χ3v) is 22.2. The second-order valence-electron chi connectivity index (χ2n) is 37.2. The second kappa shape index (κ2) is 24.9. The number of hydrogen-bond acceptors (Lipinski definition) is 3. The van der Waals surface area contributed by atoms with Crippen molar-refractivity contribution in [2.75, 3.05) is 9.80 Å². The zero-order chi connectivity index (χ0) is 73.7. The smallest absolute Gasteiger partial charge is 0.252 e. The van der Waals surface area contributed by atoms with Gasteiger partial charge in [0.15, 0.2) is 0 Å². The lowest BCUT2D eigenvalue weighted by Crippen LogP contribution is -2.61. The Hall–Kier alpha value is -9.90. The maximum Gasteiger partial charge on any atom is 0.252 e. The summed E-state index contributed by atoms with van der Waals surface area (Å²) < 4.78 is 7.20. The van der Waals surface area contributed by atoms with Crippen LogP contribution in [0.1, 0.15) is 184 Å². The normalized spacial score (nSPS) is 13.6. The van der Waals surface area contributed by atoms with E-state index in [1.54, 1.807) is 0 Å². The van der Waals surface area contributed by atoms with Crippen molar-refractivity contribution in [3.05, 3.63) is 282 Å². The molecule has 0 spiro atoms. The molecular formula is C100H103BN2O. The van der Waals surface area contributed by atoms with Crippen molar-refractivity contribution in [1.82, 2.24) is 0 Å². The van der Waals surface area contributed by atoms with Gasteiger partial charge in [-0.15, -0.1) is 0 Å². The third-order valence-electron chi connectivity index (χ3n) is 22.2. The lowest BCUT2D eigenvalue weighted by molar-refractivity contribution is 0.568. The van der Waals surface area contributed by atoms with Crippen molar-refractivity contribution >= 4 is 79.2 Å². The molecular weight excluding hydrogens is 1260 g/mol. The summed E-state index contributed by atoms with van der Waals surface area (Å²) in [5, 5.41) is 2.15. The van der Waals surface area contributed by atoms with Gasteiger partial charge in [0.25, 0.3) is 6.71 Å². The van der Waals surface area contributed by atoms with E-state index in [1.807, 2.05) is 0 Å². The highest BCUT2D eigenvalue weighted by Gasteiger charge is 2.46. The van der Waals surface area contributed by atoms with Crippen molar-refractivity contribution in [2.24, 2.45) is 0 Å². The number of rotatable bonds is 8. The van der Waals surface area contributed by atoms with E-state index in [9.17, 15) is 0 Å². The van der Waals surface area contributed by atoms with Crippen molar-refractivity contribution in [1.29, 1.82) is 0 Å². The van der Waals surface area contributed by atoms with Crippen molar-refractivity contribution in [2.45, 2.75) is 183 Å². The Bertz CT molecular complexity index is 5370. The highest BCUT2D eigenvalue weighted by molar-refractivity contribution is 7.00. The number of nitrogens with zero attached hydrogens (tertiary/aromatic N) is 2. The maximum absolute atomic E-state index is 7.20. The molecule has 0 bridgehead atoms. The molecule has 0 atom stereocenters. The van der Waals surface area contributed by atoms with E-state index in [-0.39, 0.29) is 44.6 Å². The van der Waals surface area contributed by atoms with E-state index < -0.39 is 0 Å². The minimum Gasteiger partial charge on any atom is -0.456 e. The van der Waals surface area contributed by atoms with Gasteiger partial charge in [-0.2, -0.15) is 0 Å². The molecule has 0 N–H and O–H groups in total. The van der Waals surface area contributed by atoms with Gasteiger partial charge in [0.1, 0.15) is 11.2 Å². The molecule has 104 heavy (non-hydrogen) atoms. The fourth-order valence-corrected chi connectivity index (χ4v) is 15.8. The largest absolute Gasteiger partial charge is 0.456 e. The van der Waals surface area contributed by atoms with Crippen LogP contribution >= 0.6 is 0 Å². The first-order valence-corrected chi connectivity index (χ1v) is 37.8. The highest BCUT2D eigenvalue weighted by atomic mass is 16.3. The van der Waals surface area contributed by atoms with Crippen molar-refractivity contribution < 1.29 is 4.42 Å². The van der Waals surface area contributed by atoms with Crippen LogP contribution in [0.15, 0.2) is 247 Å². The molecule has 4 heteroatoms. The fraction of sp³-hybridized carbons (Fsp3) is 0.280. The van der Waals surface area contributed by atoms with Crippen LogP contribution in [0.3, 0.4) is 0 Å². The van der Waals surface area contributed by atoms with Crippen LogP contribution in [0.5, 0.6) is 0 Å². The summed E-state index contributed by atoms with van der Waals surface area (Å²) in [4.78, 5) is 5.44. The van der Waals surface area contributed by atoms with Crippen molar-refractivity contribution in [3.63, 3.8) is 0 Å². The fourth-order valence-electron chi connectivity index (χ4n) is 15.8. The van der Waals surface area contributed by atoms with Gasteiger partial charge in [-0.25, -0.2) is 0 Å². The molecule has 1 aromatic heterocycles. The lowest BCUT2D eigenvalue weighted by Gasteiger charge is -2.46. The Morgan fingerprint density at radius 1 is 0.240 bits per heavy atom. The van der Waals surface area contributed by atoms with Gasteiger partial charge >= 0.3 is 0 Å². The summed E-state index contributed by atoms with van der Waals surface area (Å²) in [5.74, 6) is 0. The average Bonchev–Trinajstić information content (AvgIpc) is 0.704. The van der Waals surface area contributed by atoms with E-state index in [0.29, 0.717) is 0 Å². The summed E-state index contributed by atoms with van der Waals surface area (Å²) in [6.07, 6.45) is 0. The molecule has 15 rings (SSSR count).